The lowest BCUT2D eigenvalue weighted by Gasteiger charge is -2.35. The van der Waals surface area contributed by atoms with Gasteiger partial charge in [-0.15, -0.1) is 0 Å². The largest absolute Gasteiger partial charge is 0.497 e. The fourth-order valence-electron chi connectivity index (χ4n) is 3.15. The highest BCUT2D eigenvalue weighted by molar-refractivity contribution is 5.78. The summed E-state index contributed by atoms with van der Waals surface area (Å²) in [4.78, 5) is 29.5. The van der Waals surface area contributed by atoms with Gasteiger partial charge in [0.25, 0.3) is 0 Å². The van der Waals surface area contributed by atoms with Crippen molar-refractivity contribution in [3.05, 3.63) is 29.8 Å². The molecule has 6 nitrogen and oxygen atoms in total. The van der Waals surface area contributed by atoms with E-state index >= 15 is 0 Å². The number of methoxy groups -OCH3 is 1. The second-order valence-corrected chi connectivity index (χ2v) is 5.82. The molecule has 0 unspecified atom stereocenters. The molecule has 0 aromatic heterocycles. The van der Waals surface area contributed by atoms with Crippen LogP contribution in [0.4, 0.5) is 4.79 Å². The Morgan fingerprint density at radius 2 is 1.95 bits per heavy atom. The molecule has 0 spiro atoms. The van der Waals surface area contributed by atoms with Crippen molar-refractivity contribution < 1.29 is 14.3 Å². The molecule has 2 saturated heterocycles. The molecule has 6 heteroatoms. The Bertz CT molecular complexity index is 573. The quantitative estimate of drug-likeness (QED) is 0.842. The summed E-state index contributed by atoms with van der Waals surface area (Å²) < 4.78 is 5.15. The Hall–Kier alpha value is -2.24. The molecule has 1 aromatic carbocycles. The van der Waals surface area contributed by atoms with E-state index < -0.39 is 0 Å². The molecule has 2 fully saturated rings. The van der Waals surface area contributed by atoms with Gasteiger partial charge in [-0.2, -0.15) is 0 Å². The lowest BCUT2D eigenvalue weighted by molar-refractivity contribution is -0.130. The minimum atomic E-state index is 0.0732. The molecule has 0 aliphatic carbocycles. The van der Waals surface area contributed by atoms with Gasteiger partial charge in [0.05, 0.1) is 13.2 Å². The average Bonchev–Trinajstić information content (AvgIpc) is 2.84. The third-order valence-corrected chi connectivity index (χ3v) is 4.41. The van der Waals surface area contributed by atoms with Crippen molar-refractivity contribution in [2.24, 2.45) is 0 Å². The number of nitrogens with zero attached hydrogens (tertiary/aromatic N) is 3. The monoisotopic (exact) mass is 303 g/mol. The molecular formula is C16H21N3O3. The van der Waals surface area contributed by atoms with E-state index in [1.165, 1.54) is 0 Å². The van der Waals surface area contributed by atoms with E-state index in [1.807, 2.05) is 39.0 Å². The number of amides is 3. The summed E-state index contributed by atoms with van der Waals surface area (Å²) in [7, 11) is 1.64. The maximum Gasteiger partial charge on any atom is 0.320 e. The summed E-state index contributed by atoms with van der Waals surface area (Å²) in [5.74, 6) is 0.895. The van der Waals surface area contributed by atoms with Crippen molar-refractivity contribution in [2.75, 3.05) is 33.3 Å². The first-order valence-electron chi connectivity index (χ1n) is 7.52. The Morgan fingerprint density at radius 3 is 2.59 bits per heavy atom. The lowest BCUT2D eigenvalue weighted by atomic mass is 10.2. The highest BCUT2D eigenvalue weighted by Crippen LogP contribution is 2.23. The summed E-state index contributed by atoms with van der Waals surface area (Å²) in [6, 6.07) is 7.95. The summed E-state index contributed by atoms with van der Waals surface area (Å²) in [6.45, 7) is 4.75. The van der Waals surface area contributed by atoms with Crippen LogP contribution in [0.25, 0.3) is 0 Å². The fourth-order valence-corrected chi connectivity index (χ4v) is 3.15. The second kappa shape index (κ2) is 5.87. The van der Waals surface area contributed by atoms with Gasteiger partial charge >= 0.3 is 6.03 Å². The molecule has 2 aliphatic rings. The zero-order valence-corrected chi connectivity index (χ0v) is 13.0. The normalized spacial score (nSPS) is 21.1. The van der Waals surface area contributed by atoms with Crippen LogP contribution in [0.5, 0.6) is 5.75 Å². The van der Waals surface area contributed by atoms with E-state index in [-0.39, 0.29) is 18.0 Å². The molecule has 1 atom stereocenters. The van der Waals surface area contributed by atoms with E-state index in [1.54, 1.807) is 14.0 Å². The van der Waals surface area contributed by atoms with Crippen molar-refractivity contribution in [1.82, 2.24) is 14.7 Å². The number of rotatable bonds is 3. The van der Waals surface area contributed by atoms with E-state index in [4.69, 9.17) is 4.74 Å². The summed E-state index contributed by atoms with van der Waals surface area (Å²) in [6.07, 6.45) is 0. The molecule has 1 aromatic rings. The number of piperazine rings is 1. The van der Waals surface area contributed by atoms with Gasteiger partial charge in [-0.25, -0.2) is 4.79 Å². The Morgan fingerprint density at radius 1 is 1.23 bits per heavy atom. The predicted molar refractivity (Wildman–Crippen MR) is 81.5 cm³/mol. The zero-order chi connectivity index (χ0) is 15.7. The van der Waals surface area contributed by atoms with Gasteiger partial charge in [-0.1, -0.05) is 12.1 Å². The van der Waals surface area contributed by atoms with Gasteiger partial charge in [-0.05, 0) is 17.7 Å². The smallest absolute Gasteiger partial charge is 0.320 e. The number of carbonyl (C=O) groups is 2. The lowest BCUT2D eigenvalue weighted by Crippen LogP contribution is -2.53. The van der Waals surface area contributed by atoms with Crippen molar-refractivity contribution in [3.63, 3.8) is 0 Å². The average molecular weight is 303 g/mol. The molecule has 22 heavy (non-hydrogen) atoms. The molecule has 2 heterocycles. The second-order valence-electron chi connectivity index (χ2n) is 5.82. The van der Waals surface area contributed by atoms with Crippen molar-refractivity contribution in [3.8, 4) is 5.75 Å². The third kappa shape index (κ3) is 2.73. The maximum atomic E-state index is 12.5. The number of hydrogen-bond acceptors (Lipinski definition) is 3. The molecular weight excluding hydrogens is 282 g/mol. The first-order valence-corrected chi connectivity index (χ1v) is 7.52. The Kier molecular flexibility index (Phi) is 3.92. The van der Waals surface area contributed by atoms with E-state index in [0.29, 0.717) is 32.7 Å². The van der Waals surface area contributed by atoms with Crippen LogP contribution in [-0.2, 0) is 11.3 Å². The number of carbonyl (C=O) groups excluding carboxylic acids is 2. The first-order chi connectivity index (χ1) is 10.6. The van der Waals surface area contributed by atoms with Crippen LogP contribution in [0, 0.1) is 0 Å². The maximum absolute atomic E-state index is 12.5. The summed E-state index contributed by atoms with van der Waals surface area (Å²) >= 11 is 0. The van der Waals surface area contributed by atoms with Gasteiger partial charge in [0, 0.05) is 39.6 Å². The van der Waals surface area contributed by atoms with Gasteiger partial charge in [0.2, 0.25) is 5.91 Å². The van der Waals surface area contributed by atoms with Crippen LogP contribution in [0.15, 0.2) is 24.3 Å². The minimum Gasteiger partial charge on any atom is -0.497 e. The van der Waals surface area contributed by atoms with Crippen molar-refractivity contribution in [1.29, 1.82) is 0 Å². The Balaban J connectivity index is 1.66. The standard InChI is InChI=1S/C16H21N3O3/c1-12(20)17-7-8-19-14(10-17)11-18(16(19)21)9-13-3-5-15(22-2)6-4-13/h3-6,14H,7-11H2,1-2H3/t14-/m1/s1. The van der Waals surface area contributed by atoms with Crippen molar-refractivity contribution >= 4 is 11.9 Å². The highest BCUT2D eigenvalue weighted by Gasteiger charge is 2.40. The van der Waals surface area contributed by atoms with E-state index in [2.05, 4.69) is 0 Å². The topological polar surface area (TPSA) is 53.1 Å². The van der Waals surface area contributed by atoms with Crippen LogP contribution >= 0.6 is 0 Å². The fraction of sp³-hybridized carbons (Fsp3) is 0.500. The molecule has 2 aliphatic heterocycles. The molecule has 0 bridgehead atoms. The van der Waals surface area contributed by atoms with Crippen LogP contribution in [0.2, 0.25) is 0 Å². The van der Waals surface area contributed by atoms with Gasteiger partial charge < -0.3 is 19.4 Å². The minimum absolute atomic E-state index is 0.0732. The number of benzene rings is 1. The van der Waals surface area contributed by atoms with Gasteiger partial charge in [0.15, 0.2) is 0 Å². The van der Waals surface area contributed by atoms with Crippen LogP contribution in [-0.4, -0.2) is 66.0 Å². The number of hydrogen-bond donors (Lipinski definition) is 0. The predicted octanol–water partition coefficient (Wildman–Crippen LogP) is 1.16. The molecule has 0 radical (unpaired) electrons. The van der Waals surface area contributed by atoms with Crippen molar-refractivity contribution in [2.45, 2.75) is 19.5 Å². The van der Waals surface area contributed by atoms with E-state index in [0.717, 1.165) is 11.3 Å². The summed E-state index contributed by atoms with van der Waals surface area (Å²) in [5.41, 5.74) is 1.08. The van der Waals surface area contributed by atoms with Gasteiger partial charge in [0.1, 0.15) is 5.75 Å². The highest BCUT2D eigenvalue weighted by atomic mass is 16.5. The van der Waals surface area contributed by atoms with Crippen LogP contribution in [0.1, 0.15) is 12.5 Å². The molecule has 118 valence electrons. The molecule has 3 rings (SSSR count). The first kappa shape index (κ1) is 14.7. The SMILES string of the molecule is COc1ccc(CN2C[C@H]3CN(C(C)=O)CCN3C2=O)cc1. The Labute approximate surface area is 130 Å². The summed E-state index contributed by atoms with van der Waals surface area (Å²) in [5, 5.41) is 0. The molecule has 3 amide bonds. The number of fused-ring (bicyclic) bond motifs is 1. The van der Waals surface area contributed by atoms with Gasteiger partial charge in [-0.3, -0.25) is 4.79 Å². The number of urea groups is 1. The van der Waals surface area contributed by atoms with Crippen LogP contribution in [0.3, 0.4) is 0 Å². The third-order valence-electron chi connectivity index (χ3n) is 4.41. The zero-order valence-electron chi connectivity index (χ0n) is 13.0. The molecule has 0 N–H and O–H groups in total. The molecule has 0 saturated carbocycles. The number of ether oxygens (including phenoxy) is 1. The van der Waals surface area contributed by atoms with Crippen LogP contribution < -0.4 is 4.74 Å². The van der Waals surface area contributed by atoms with E-state index in [9.17, 15) is 9.59 Å².